The maximum atomic E-state index is 11.8. The van der Waals surface area contributed by atoms with Gasteiger partial charge in [0.25, 0.3) is 0 Å². The molecule has 0 amide bonds. The predicted octanol–water partition coefficient (Wildman–Crippen LogP) is 1.47. The standard InChI is InChI=1S/C15H20O4/c1-9-13(17)19-12-11-10(8-16)4-3-5-14(11,2)6-7-15(9,12)18/h12,16,18H,1,3-8H2,2H3/t12?,14?,15-/m1/s1. The van der Waals surface area contributed by atoms with Gasteiger partial charge in [0.2, 0.25) is 0 Å². The van der Waals surface area contributed by atoms with Crippen LogP contribution in [0.2, 0.25) is 0 Å². The molecule has 0 spiro atoms. The van der Waals surface area contributed by atoms with E-state index in [1.165, 1.54) is 0 Å². The molecule has 2 unspecified atom stereocenters. The van der Waals surface area contributed by atoms with E-state index in [-0.39, 0.29) is 17.6 Å². The number of aliphatic hydroxyl groups is 2. The highest BCUT2D eigenvalue weighted by molar-refractivity contribution is 5.93. The Hall–Kier alpha value is -1.13. The predicted molar refractivity (Wildman–Crippen MR) is 69.3 cm³/mol. The Morgan fingerprint density at radius 2 is 2.16 bits per heavy atom. The number of ether oxygens (including phenoxy) is 1. The molecular formula is C15H20O4. The second-order valence-corrected chi connectivity index (χ2v) is 6.28. The molecule has 0 bridgehead atoms. The molecule has 19 heavy (non-hydrogen) atoms. The van der Waals surface area contributed by atoms with Crippen molar-refractivity contribution in [3.8, 4) is 0 Å². The van der Waals surface area contributed by atoms with E-state index < -0.39 is 17.7 Å². The van der Waals surface area contributed by atoms with Crippen LogP contribution in [-0.4, -0.2) is 34.5 Å². The zero-order valence-corrected chi connectivity index (χ0v) is 11.2. The topological polar surface area (TPSA) is 66.8 Å². The molecule has 2 N–H and O–H groups in total. The summed E-state index contributed by atoms with van der Waals surface area (Å²) in [6.07, 6.45) is 3.53. The van der Waals surface area contributed by atoms with Gasteiger partial charge < -0.3 is 14.9 Å². The summed E-state index contributed by atoms with van der Waals surface area (Å²) in [7, 11) is 0. The van der Waals surface area contributed by atoms with Crippen LogP contribution in [0.3, 0.4) is 0 Å². The van der Waals surface area contributed by atoms with Crippen LogP contribution in [0.25, 0.3) is 0 Å². The lowest BCUT2D eigenvalue weighted by molar-refractivity contribution is -0.141. The van der Waals surface area contributed by atoms with Crippen LogP contribution in [0.1, 0.15) is 39.0 Å². The zero-order valence-electron chi connectivity index (χ0n) is 11.2. The average molecular weight is 264 g/mol. The van der Waals surface area contributed by atoms with Crippen LogP contribution < -0.4 is 0 Å². The molecule has 1 aliphatic heterocycles. The monoisotopic (exact) mass is 264 g/mol. The summed E-state index contributed by atoms with van der Waals surface area (Å²) in [6.45, 7) is 5.81. The molecule has 4 heteroatoms. The highest BCUT2D eigenvalue weighted by Gasteiger charge is 2.60. The fourth-order valence-corrected chi connectivity index (χ4v) is 3.97. The lowest BCUT2D eigenvalue weighted by Crippen LogP contribution is -2.51. The highest BCUT2D eigenvalue weighted by Crippen LogP contribution is 2.56. The van der Waals surface area contributed by atoms with Gasteiger partial charge >= 0.3 is 5.97 Å². The van der Waals surface area contributed by atoms with Crippen LogP contribution in [0, 0.1) is 5.41 Å². The molecule has 1 saturated carbocycles. The van der Waals surface area contributed by atoms with Crippen LogP contribution >= 0.6 is 0 Å². The lowest BCUT2D eigenvalue weighted by atomic mass is 9.58. The third kappa shape index (κ3) is 1.56. The van der Waals surface area contributed by atoms with Gasteiger partial charge in [-0.15, -0.1) is 0 Å². The van der Waals surface area contributed by atoms with E-state index in [2.05, 4.69) is 13.5 Å². The van der Waals surface area contributed by atoms with Gasteiger partial charge in [-0.25, -0.2) is 4.79 Å². The van der Waals surface area contributed by atoms with Crippen molar-refractivity contribution in [1.82, 2.24) is 0 Å². The fraction of sp³-hybridized carbons (Fsp3) is 0.667. The molecule has 0 aromatic rings. The maximum Gasteiger partial charge on any atom is 0.337 e. The number of esters is 1. The van der Waals surface area contributed by atoms with E-state index in [1.54, 1.807) is 0 Å². The Kier molecular flexibility index (Phi) is 2.67. The fourth-order valence-electron chi connectivity index (χ4n) is 3.97. The van der Waals surface area contributed by atoms with Crippen molar-refractivity contribution in [2.24, 2.45) is 5.41 Å². The van der Waals surface area contributed by atoms with Gasteiger partial charge in [0.15, 0.2) is 6.10 Å². The SMILES string of the molecule is C=C1C(=O)OC2C3=C(CO)CCCC3(C)CC[C@@]12O. The largest absolute Gasteiger partial charge is 0.451 e. The Morgan fingerprint density at radius 1 is 1.42 bits per heavy atom. The number of carbonyl (C=O) groups excluding carboxylic acids is 1. The van der Waals surface area contributed by atoms with Gasteiger partial charge in [-0.2, -0.15) is 0 Å². The van der Waals surface area contributed by atoms with Gasteiger partial charge in [-0.1, -0.05) is 13.5 Å². The molecule has 1 saturated heterocycles. The minimum Gasteiger partial charge on any atom is -0.451 e. The summed E-state index contributed by atoms with van der Waals surface area (Å²) in [5.74, 6) is -0.507. The molecule has 0 radical (unpaired) electrons. The van der Waals surface area contributed by atoms with Gasteiger partial charge in [0.1, 0.15) is 5.60 Å². The van der Waals surface area contributed by atoms with E-state index in [0.717, 1.165) is 36.8 Å². The molecule has 104 valence electrons. The van der Waals surface area contributed by atoms with E-state index in [4.69, 9.17) is 4.74 Å². The van der Waals surface area contributed by atoms with Crippen LogP contribution in [0.4, 0.5) is 0 Å². The molecule has 4 nitrogen and oxygen atoms in total. The molecule has 3 atom stereocenters. The first-order valence-electron chi connectivity index (χ1n) is 6.88. The maximum absolute atomic E-state index is 11.8. The van der Waals surface area contributed by atoms with Crippen molar-refractivity contribution in [2.75, 3.05) is 6.61 Å². The summed E-state index contributed by atoms with van der Waals surface area (Å²) < 4.78 is 5.39. The van der Waals surface area contributed by atoms with E-state index in [0.29, 0.717) is 6.42 Å². The third-order valence-corrected chi connectivity index (χ3v) is 5.18. The van der Waals surface area contributed by atoms with Gasteiger partial charge in [0.05, 0.1) is 12.2 Å². The second kappa shape index (κ2) is 3.93. The normalized spacial score (nSPS) is 41.9. The van der Waals surface area contributed by atoms with Crippen molar-refractivity contribution in [2.45, 2.75) is 50.7 Å². The number of hydrogen-bond donors (Lipinski definition) is 2. The molecule has 2 aliphatic carbocycles. The van der Waals surface area contributed by atoms with Crippen LogP contribution in [0.5, 0.6) is 0 Å². The molecule has 1 heterocycles. The smallest absolute Gasteiger partial charge is 0.337 e. The zero-order chi connectivity index (χ0) is 13.8. The molecule has 3 aliphatic rings. The highest BCUT2D eigenvalue weighted by atomic mass is 16.6. The van der Waals surface area contributed by atoms with E-state index >= 15 is 0 Å². The summed E-state index contributed by atoms with van der Waals surface area (Å²) >= 11 is 0. The molecule has 3 rings (SSSR count). The molecule has 0 aromatic carbocycles. The lowest BCUT2D eigenvalue weighted by Gasteiger charge is -2.48. The quantitative estimate of drug-likeness (QED) is 0.427. The Labute approximate surface area is 112 Å². The Balaban J connectivity index is 2.14. The van der Waals surface area contributed by atoms with E-state index in [9.17, 15) is 15.0 Å². The molecule has 0 aromatic heterocycles. The number of carbonyl (C=O) groups is 1. The summed E-state index contributed by atoms with van der Waals surface area (Å²) in [5, 5.41) is 20.3. The number of hydrogen-bond acceptors (Lipinski definition) is 4. The van der Waals surface area contributed by atoms with E-state index in [1.807, 2.05) is 0 Å². The second-order valence-electron chi connectivity index (χ2n) is 6.28. The number of aliphatic hydroxyl groups excluding tert-OH is 1. The van der Waals surface area contributed by atoms with Crippen molar-refractivity contribution in [1.29, 1.82) is 0 Å². The van der Waals surface area contributed by atoms with Gasteiger partial charge in [0, 0.05) is 0 Å². The molecular weight excluding hydrogens is 244 g/mol. The summed E-state index contributed by atoms with van der Waals surface area (Å²) in [4.78, 5) is 11.8. The van der Waals surface area contributed by atoms with Crippen molar-refractivity contribution in [3.05, 3.63) is 23.3 Å². The van der Waals surface area contributed by atoms with Gasteiger partial charge in [-0.3, -0.25) is 0 Å². The van der Waals surface area contributed by atoms with Crippen molar-refractivity contribution >= 4 is 5.97 Å². The van der Waals surface area contributed by atoms with Gasteiger partial charge in [-0.05, 0) is 48.7 Å². The minimum absolute atomic E-state index is 0.0263. The first-order chi connectivity index (χ1) is 8.92. The number of rotatable bonds is 1. The van der Waals surface area contributed by atoms with Crippen molar-refractivity contribution in [3.63, 3.8) is 0 Å². The summed E-state index contributed by atoms with van der Waals surface area (Å²) in [5.41, 5.74) is 0.693. The average Bonchev–Trinajstić information content (AvgIpc) is 2.61. The molecule has 2 fully saturated rings. The van der Waals surface area contributed by atoms with Crippen LogP contribution in [0.15, 0.2) is 23.3 Å². The Morgan fingerprint density at radius 3 is 2.84 bits per heavy atom. The first-order valence-corrected chi connectivity index (χ1v) is 6.88. The Bertz CT molecular complexity index is 492. The third-order valence-electron chi connectivity index (χ3n) is 5.18. The minimum atomic E-state index is -1.27. The van der Waals surface area contributed by atoms with Crippen molar-refractivity contribution < 1.29 is 19.7 Å². The van der Waals surface area contributed by atoms with Crippen LogP contribution in [-0.2, 0) is 9.53 Å². The first kappa shape index (κ1) is 12.9. The number of fused-ring (bicyclic) bond motifs is 3. The summed E-state index contributed by atoms with van der Waals surface area (Å²) in [6, 6.07) is 0.